The largest absolute Gasteiger partial charge is 0.339 e. The van der Waals surface area contributed by atoms with Crippen LogP contribution in [-0.4, -0.2) is 29.4 Å². The second-order valence-corrected chi connectivity index (χ2v) is 5.13. The van der Waals surface area contributed by atoms with E-state index >= 15 is 0 Å². The molecule has 0 N–H and O–H groups in total. The van der Waals surface area contributed by atoms with Crippen molar-refractivity contribution in [2.75, 3.05) is 13.6 Å². The lowest BCUT2D eigenvalue weighted by Crippen LogP contribution is -2.31. The minimum atomic E-state index is -0.236. The van der Waals surface area contributed by atoms with Crippen molar-refractivity contribution in [3.63, 3.8) is 0 Å². The maximum atomic E-state index is 12.3. The highest BCUT2D eigenvalue weighted by Gasteiger charge is 2.17. The topological polar surface area (TPSA) is 57.0 Å². The molecule has 0 bridgehead atoms. The average molecular weight is 288 g/mol. The number of nitrogens with zero attached hydrogens (tertiary/aromatic N) is 3. The fourth-order valence-corrected chi connectivity index (χ4v) is 2.24. The Labute approximate surface area is 122 Å². The number of nitriles is 1. The minimum Gasteiger partial charge on any atom is -0.339 e. The second kappa shape index (κ2) is 5.89. The van der Waals surface area contributed by atoms with E-state index in [1.807, 2.05) is 24.3 Å². The normalized spacial score (nSPS) is 11.9. The highest BCUT2D eigenvalue weighted by molar-refractivity contribution is 6.35. The van der Waals surface area contributed by atoms with Crippen molar-refractivity contribution in [2.24, 2.45) is 5.92 Å². The molecule has 1 heterocycles. The first-order valence-electron chi connectivity index (χ1n) is 6.23. The molecule has 0 aliphatic carbocycles. The molecule has 0 spiro atoms. The maximum absolute atomic E-state index is 12.3. The van der Waals surface area contributed by atoms with Gasteiger partial charge in [-0.1, -0.05) is 29.8 Å². The molecule has 4 nitrogen and oxygen atoms in total. The van der Waals surface area contributed by atoms with E-state index in [0.717, 1.165) is 5.39 Å². The van der Waals surface area contributed by atoms with Crippen LogP contribution in [0.25, 0.3) is 10.9 Å². The molecule has 1 aromatic carbocycles. The van der Waals surface area contributed by atoms with Crippen molar-refractivity contribution in [3.8, 4) is 6.07 Å². The molecule has 1 atom stereocenters. The summed E-state index contributed by atoms with van der Waals surface area (Å²) in [6.45, 7) is 2.13. The summed E-state index contributed by atoms with van der Waals surface area (Å²) in [5, 5.41) is 10.1. The number of hydrogen-bond acceptors (Lipinski definition) is 3. The van der Waals surface area contributed by atoms with Gasteiger partial charge in [-0.05, 0) is 19.1 Å². The molecule has 0 radical (unpaired) electrons. The maximum Gasteiger partial charge on any atom is 0.272 e. The lowest BCUT2D eigenvalue weighted by atomic mass is 10.1. The first-order valence-corrected chi connectivity index (χ1v) is 6.61. The Kier molecular flexibility index (Phi) is 4.21. The van der Waals surface area contributed by atoms with E-state index in [0.29, 0.717) is 22.8 Å². The zero-order valence-corrected chi connectivity index (χ0v) is 12.1. The Bertz CT molecular complexity index is 693. The van der Waals surface area contributed by atoms with E-state index in [4.69, 9.17) is 16.9 Å². The fraction of sp³-hybridized carbons (Fsp3) is 0.267. The number of pyridine rings is 1. The van der Waals surface area contributed by atoms with E-state index in [1.54, 1.807) is 20.0 Å². The number of fused-ring (bicyclic) bond motifs is 1. The predicted octanol–water partition coefficient (Wildman–Crippen LogP) is 3.12. The zero-order valence-electron chi connectivity index (χ0n) is 11.3. The number of hydrogen-bond donors (Lipinski definition) is 0. The number of carbonyl (C=O) groups excluding carboxylic acids is 1. The standard InChI is InChI=1S/C15H14ClN3O/c1-10(8-17)9-19(2)15(20)14-7-12(16)11-5-3-4-6-13(11)18-14/h3-7,10H,9H2,1-2H3. The van der Waals surface area contributed by atoms with Crippen molar-refractivity contribution in [1.29, 1.82) is 5.26 Å². The second-order valence-electron chi connectivity index (χ2n) is 4.72. The highest BCUT2D eigenvalue weighted by atomic mass is 35.5. The quantitative estimate of drug-likeness (QED) is 0.871. The molecular weight excluding hydrogens is 274 g/mol. The van der Waals surface area contributed by atoms with E-state index < -0.39 is 0 Å². The van der Waals surface area contributed by atoms with Crippen LogP contribution in [0.4, 0.5) is 0 Å². The van der Waals surface area contributed by atoms with Crippen molar-refractivity contribution >= 4 is 28.4 Å². The molecular formula is C15H14ClN3O. The smallest absolute Gasteiger partial charge is 0.272 e. The molecule has 0 fully saturated rings. The number of carbonyl (C=O) groups is 1. The van der Waals surface area contributed by atoms with Gasteiger partial charge in [-0.3, -0.25) is 4.79 Å². The number of rotatable bonds is 3. The van der Waals surface area contributed by atoms with Crippen molar-refractivity contribution in [3.05, 3.63) is 41.0 Å². The number of amides is 1. The van der Waals surface area contributed by atoms with Crippen LogP contribution >= 0.6 is 11.6 Å². The highest BCUT2D eigenvalue weighted by Crippen LogP contribution is 2.23. The van der Waals surface area contributed by atoms with Crippen LogP contribution in [0.5, 0.6) is 0 Å². The number of para-hydroxylation sites is 1. The van der Waals surface area contributed by atoms with Gasteiger partial charge in [0, 0.05) is 19.0 Å². The predicted molar refractivity (Wildman–Crippen MR) is 78.5 cm³/mol. The first kappa shape index (κ1) is 14.3. The third-order valence-corrected chi connectivity index (χ3v) is 3.31. The number of halogens is 1. The van der Waals surface area contributed by atoms with Crippen LogP contribution < -0.4 is 0 Å². The summed E-state index contributed by atoms with van der Waals surface area (Å²) < 4.78 is 0. The van der Waals surface area contributed by atoms with E-state index in [9.17, 15) is 4.79 Å². The van der Waals surface area contributed by atoms with Crippen LogP contribution in [0.1, 0.15) is 17.4 Å². The summed E-state index contributed by atoms with van der Waals surface area (Å²) >= 11 is 6.18. The summed E-state index contributed by atoms with van der Waals surface area (Å²) in [5.41, 5.74) is 0.978. The lowest BCUT2D eigenvalue weighted by molar-refractivity contribution is 0.0779. The molecule has 0 saturated carbocycles. The van der Waals surface area contributed by atoms with Crippen LogP contribution in [0.2, 0.25) is 5.02 Å². The molecule has 1 aromatic heterocycles. The third kappa shape index (κ3) is 2.89. The van der Waals surface area contributed by atoms with Crippen molar-refractivity contribution in [1.82, 2.24) is 9.88 Å². The first-order chi connectivity index (χ1) is 9.52. The van der Waals surface area contributed by atoms with Crippen LogP contribution in [0.3, 0.4) is 0 Å². The minimum absolute atomic E-state index is 0.222. The van der Waals surface area contributed by atoms with Gasteiger partial charge in [-0.15, -0.1) is 0 Å². The molecule has 102 valence electrons. The lowest BCUT2D eigenvalue weighted by Gasteiger charge is -2.18. The Morgan fingerprint density at radius 1 is 1.50 bits per heavy atom. The van der Waals surface area contributed by atoms with Crippen LogP contribution in [-0.2, 0) is 0 Å². The van der Waals surface area contributed by atoms with Crippen LogP contribution in [0.15, 0.2) is 30.3 Å². The summed E-state index contributed by atoms with van der Waals surface area (Å²) in [4.78, 5) is 18.1. The molecule has 0 aliphatic heterocycles. The van der Waals surface area contributed by atoms with Gasteiger partial charge in [0.15, 0.2) is 0 Å². The summed E-state index contributed by atoms with van der Waals surface area (Å²) in [7, 11) is 1.65. The summed E-state index contributed by atoms with van der Waals surface area (Å²) in [5.74, 6) is -0.459. The molecule has 0 saturated heterocycles. The summed E-state index contributed by atoms with van der Waals surface area (Å²) in [6.07, 6.45) is 0. The Morgan fingerprint density at radius 3 is 2.90 bits per heavy atom. The van der Waals surface area contributed by atoms with Gasteiger partial charge < -0.3 is 4.90 Å². The molecule has 5 heteroatoms. The molecule has 0 aliphatic rings. The fourth-order valence-electron chi connectivity index (χ4n) is 1.97. The van der Waals surface area contributed by atoms with Gasteiger partial charge in [0.1, 0.15) is 5.69 Å². The van der Waals surface area contributed by atoms with Gasteiger partial charge in [0.25, 0.3) is 5.91 Å². The van der Waals surface area contributed by atoms with E-state index in [1.165, 1.54) is 4.90 Å². The SMILES string of the molecule is CC(C#N)CN(C)C(=O)c1cc(Cl)c2ccccc2n1. The van der Waals surface area contributed by atoms with Crippen molar-refractivity contribution < 1.29 is 4.79 Å². The van der Waals surface area contributed by atoms with Gasteiger partial charge in [-0.25, -0.2) is 4.98 Å². The molecule has 2 aromatic rings. The number of benzene rings is 1. The van der Waals surface area contributed by atoms with E-state index in [2.05, 4.69) is 11.1 Å². The monoisotopic (exact) mass is 287 g/mol. The Hall–Kier alpha value is -2.12. The van der Waals surface area contributed by atoms with E-state index in [-0.39, 0.29) is 11.8 Å². The van der Waals surface area contributed by atoms with Gasteiger partial charge in [0.05, 0.1) is 22.5 Å². The third-order valence-electron chi connectivity index (χ3n) is 3.00. The zero-order chi connectivity index (χ0) is 14.7. The molecule has 1 unspecified atom stereocenters. The van der Waals surface area contributed by atoms with Crippen LogP contribution in [0, 0.1) is 17.2 Å². The van der Waals surface area contributed by atoms with Crippen molar-refractivity contribution in [2.45, 2.75) is 6.92 Å². The molecule has 20 heavy (non-hydrogen) atoms. The van der Waals surface area contributed by atoms with Gasteiger partial charge in [-0.2, -0.15) is 5.26 Å². The van der Waals surface area contributed by atoms with Gasteiger partial charge >= 0.3 is 0 Å². The average Bonchev–Trinajstić information content (AvgIpc) is 2.46. The molecule has 1 amide bonds. The van der Waals surface area contributed by atoms with Gasteiger partial charge in [0.2, 0.25) is 0 Å². The number of aromatic nitrogens is 1. The Morgan fingerprint density at radius 2 is 2.20 bits per heavy atom. The Balaban J connectivity index is 2.33. The summed E-state index contributed by atoms with van der Waals surface area (Å²) in [6, 6.07) is 11.1. The molecule has 2 rings (SSSR count).